The summed E-state index contributed by atoms with van der Waals surface area (Å²) in [5, 5.41) is 12.2. The first kappa shape index (κ1) is 16.2. The van der Waals surface area contributed by atoms with E-state index in [0.29, 0.717) is 18.2 Å². The molecule has 122 valence electrons. The topological polar surface area (TPSA) is 56.1 Å². The van der Waals surface area contributed by atoms with Crippen molar-refractivity contribution in [1.29, 1.82) is 5.26 Å². The maximum absolute atomic E-state index is 11.8. The highest BCUT2D eigenvalue weighted by atomic mass is 16.2. The van der Waals surface area contributed by atoms with E-state index in [-0.39, 0.29) is 5.91 Å². The van der Waals surface area contributed by atoms with Gasteiger partial charge in [-0.25, -0.2) is 0 Å². The number of nitrogens with zero attached hydrogens (tertiary/aromatic N) is 2. The molecule has 1 amide bonds. The monoisotopic (exact) mass is 319 g/mol. The number of carbonyl (C=O) groups excluding carboxylic acids is 1. The number of carbonyl (C=O) groups is 1. The Morgan fingerprint density at radius 2 is 1.92 bits per heavy atom. The predicted molar refractivity (Wildman–Crippen MR) is 94.1 cm³/mol. The number of benzene rings is 2. The second-order valence-corrected chi connectivity index (χ2v) is 6.37. The molecule has 1 saturated carbocycles. The Morgan fingerprint density at radius 3 is 2.58 bits per heavy atom. The van der Waals surface area contributed by atoms with E-state index < -0.39 is 0 Å². The molecule has 24 heavy (non-hydrogen) atoms. The molecule has 0 aromatic heterocycles. The highest BCUT2D eigenvalue weighted by Gasteiger charge is 2.23. The third-order valence-corrected chi connectivity index (χ3v) is 4.12. The van der Waals surface area contributed by atoms with E-state index in [1.807, 2.05) is 48.3 Å². The number of likely N-dealkylation sites (N-methyl/N-ethyl adjacent to an activating group) is 1. The van der Waals surface area contributed by atoms with Gasteiger partial charge in [0.15, 0.2) is 0 Å². The van der Waals surface area contributed by atoms with Crippen molar-refractivity contribution in [3.63, 3.8) is 0 Å². The molecule has 2 aromatic rings. The quantitative estimate of drug-likeness (QED) is 0.890. The van der Waals surface area contributed by atoms with E-state index in [2.05, 4.69) is 23.5 Å². The zero-order chi connectivity index (χ0) is 16.9. The van der Waals surface area contributed by atoms with Crippen molar-refractivity contribution >= 4 is 5.91 Å². The van der Waals surface area contributed by atoms with Crippen molar-refractivity contribution in [2.75, 3.05) is 13.6 Å². The van der Waals surface area contributed by atoms with Gasteiger partial charge in [0, 0.05) is 12.6 Å². The van der Waals surface area contributed by atoms with E-state index in [4.69, 9.17) is 0 Å². The van der Waals surface area contributed by atoms with Gasteiger partial charge in [-0.3, -0.25) is 9.69 Å². The minimum Gasteiger partial charge on any atom is -0.352 e. The molecule has 4 nitrogen and oxygen atoms in total. The molecular weight excluding hydrogens is 298 g/mol. The van der Waals surface area contributed by atoms with Gasteiger partial charge in [-0.2, -0.15) is 5.26 Å². The van der Waals surface area contributed by atoms with E-state index in [1.54, 1.807) is 0 Å². The van der Waals surface area contributed by atoms with Gasteiger partial charge in [-0.1, -0.05) is 42.5 Å². The molecule has 0 bridgehead atoms. The van der Waals surface area contributed by atoms with Gasteiger partial charge in [0.25, 0.3) is 0 Å². The lowest BCUT2D eigenvalue weighted by atomic mass is 9.99. The molecule has 2 aromatic carbocycles. The first-order valence-corrected chi connectivity index (χ1v) is 8.22. The average molecular weight is 319 g/mol. The fourth-order valence-electron chi connectivity index (χ4n) is 2.74. The first-order chi connectivity index (χ1) is 11.7. The number of rotatable bonds is 6. The van der Waals surface area contributed by atoms with Gasteiger partial charge >= 0.3 is 0 Å². The molecular formula is C20H21N3O. The van der Waals surface area contributed by atoms with Crippen LogP contribution in [0, 0.1) is 11.3 Å². The number of hydrogen-bond acceptors (Lipinski definition) is 3. The highest BCUT2D eigenvalue weighted by molar-refractivity contribution is 5.78. The minimum atomic E-state index is 0.0968. The van der Waals surface area contributed by atoms with Gasteiger partial charge in [-0.05, 0) is 42.6 Å². The summed E-state index contributed by atoms with van der Waals surface area (Å²) < 4.78 is 0. The van der Waals surface area contributed by atoms with Crippen LogP contribution < -0.4 is 5.32 Å². The Morgan fingerprint density at radius 1 is 1.21 bits per heavy atom. The number of nitriles is 1. The maximum Gasteiger partial charge on any atom is 0.234 e. The lowest BCUT2D eigenvalue weighted by Gasteiger charge is -2.16. The van der Waals surface area contributed by atoms with Crippen LogP contribution in [-0.4, -0.2) is 30.4 Å². The third kappa shape index (κ3) is 4.21. The molecule has 1 N–H and O–H groups in total. The SMILES string of the molecule is CN(CC(=O)NC1CC1)Cc1ccc(-c2ccccc2C#N)cc1. The Hall–Kier alpha value is -2.64. The van der Waals surface area contributed by atoms with Gasteiger partial charge in [0.05, 0.1) is 18.2 Å². The normalized spacial score (nSPS) is 13.5. The molecule has 0 aliphatic heterocycles. The van der Waals surface area contributed by atoms with Crippen LogP contribution in [0.25, 0.3) is 11.1 Å². The second kappa shape index (κ2) is 7.29. The van der Waals surface area contributed by atoms with Crippen molar-refractivity contribution in [3.8, 4) is 17.2 Å². The molecule has 0 atom stereocenters. The van der Waals surface area contributed by atoms with Crippen molar-refractivity contribution in [2.24, 2.45) is 0 Å². The Bertz CT molecular complexity index is 757. The molecule has 0 heterocycles. The van der Waals surface area contributed by atoms with Gasteiger partial charge in [0.1, 0.15) is 0 Å². The third-order valence-electron chi connectivity index (χ3n) is 4.12. The molecule has 0 saturated heterocycles. The smallest absolute Gasteiger partial charge is 0.234 e. The lowest BCUT2D eigenvalue weighted by molar-refractivity contribution is -0.122. The molecule has 1 fully saturated rings. The van der Waals surface area contributed by atoms with Gasteiger partial charge in [0.2, 0.25) is 5.91 Å². The predicted octanol–water partition coefficient (Wildman–Crippen LogP) is 2.94. The number of nitrogens with one attached hydrogen (secondary N) is 1. The summed E-state index contributed by atoms with van der Waals surface area (Å²) in [5.41, 5.74) is 3.81. The Balaban J connectivity index is 1.61. The number of amides is 1. The Labute approximate surface area is 142 Å². The van der Waals surface area contributed by atoms with Crippen LogP contribution in [-0.2, 0) is 11.3 Å². The molecule has 4 heteroatoms. The van der Waals surface area contributed by atoms with Crippen molar-refractivity contribution in [2.45, 2.75) is 25.4 Å². The molecule has 1 aliphatic rings. The lowest BCUT2D eigenvalue weighted by Crippen LogP contribution is -2.35. The molecule has 0 radical (unpaired) electrons. The van der Waals surface area contributed by atoms with Gasteiger partial charge < -0.3 is 5.32 Å². The second-order valence-electron chi connectivity index (χ2n) is 6.37. The van der Waals surface area contributed by atoms with Gasteiger partial charge in [-0.15, -0.1) is 0 Å². The van der Waals surface area contributed by atoms with E-state index >= 15 is 0 Å². The first-order valence-electron chi connectivity index (χ1n) is 8.22. The summed E-state index contributed by atoms with van der Waals surface area (Å²) >= 11 is 0. The van der Waals surface area contributed by atoms with Crippen LogP contribution in [0.2, 0.25) is 0 Å². The fraction of sp³-hybridized carbons (Fsp3) is 0.300. The summed E-state index contributed by atoms with van der Waals surface area (Å²) in [6, 6.07) is 18.4. The van der Waals surface area contributed by atoms with Crippen molar-refractivity contribution in [3.05, 3.63) is 59.7 Å². The van der Waals surface area contributed by atoms with E-state index in [9.17, 15) is 10.1 Å². The largest absolute Gasteiger partial charge is 0.352 e. The maximum atomic E-state index is 11.8. The van der Waals surface area contributed by atoms with Crippen molar-refractivity contribution in [1.82, 2.24) is 10.2 Å². The van der Waals surface area contributed by atoms with Crippen LogP contribution in [0.4, 0.5) is 0 Å². The van der Waals surface area contributed by atoms with Crippen LogP contribution in [0.5, 0.6) is 0 Å². The van der Waals surface area contributed by atoms with Crippen molar-refractivity contribution < 1.29 is 4.79 Å². The average Bonchev–Trinajstić information content (AvgIpc) is 3.39. The summed E-state index contributed by atoms with van der Waals surface area (Å²) in [5.74, 6) is 0.0968. The molecule has 1 aliphatic carbocycles. The minimum absolute atomic E-state index is 0.0968. The summed E-state index contributed by atoms with van der Waals surface area (Å²) in [4.78, 5) is 13.8. The Kier molecular flexibility index (Phi) is 4.93. The molecule has 0 unspecified atom stereocenters. The van der Waals surface area contributed by atoms with Crippen LogP contribution >= 0.6 is 0 Å². The number of hydrogen-bond donors (Lipinski definition) is 1. The highest BCUT2D eigenvalue weighted by Crippen LogP contribution is 2.23. The van der Waals surface area contributed by atoms with Crippen LogP contribution in [0.1, 0.15) is 24.0 Å². The summed E-state index contributed by atoms with van der Waals surface area (Å²) in [6.07, 6.45) is 2.22. The zero-order valence-corrected chi connectivity index (χ0v) is 13.8. The van der Waals surface area contributed by atoms with Crippen LogP contribution in [0.3, 0.4) is 0 Å². The van der Waals surface area contributed by atoms with E-state index in [1.165, 1.54) is 0 Å². The summed E-state index contributed by atoms with van der Waals surface area (Å²) in [7, 11) is 1.95. The molecule has 0 spiro atoms. The van der Waals surface area contributed by atoms with E-state index in [0.717, 1.165) is 36.1 Å². The fourth-order valence-corrected chi connectivity index (χ4v) is 2.74. The van der Waals surface area contributed by atoms with Crippen LogP contribution in [0.15, 0.2) is 48.5 Å². The standard InChI is InChI=1S/C20H21N3O/c1-23(14-20(24)22-18-10-11-18)13-15-6-8-16(9-7-15)19-5-3-2-4-17(19)12-21/h2-9,18H,10-11,13-14H2,1H3,(H,22,24). The zero-order valence-electron chi connectivity index (χ0n) is 13.8. The summed E-state index contributed by atoms with van der Waals surface area (Å²) in [6.45, 7) is 1.13. The molecule has 3 rings (SSSR count).